The largest absolute Gasteiger partial charge is 0.444 e. The maximum atomic E-state index is 11.4. The van der Waals surface area contributed by atoms with Gasteiger partial charge in [-0.3, -0.25) is 5.32 Å². The van der Waals surface area contributed by atoms with Gasteiger partial charge in [0, 0.05) is 0 Å². The summed E-state index contributed by atoms with van der Waals surface area (Å²) in [5.41, 5.74) is 0.876. The van der Waals surface area contributed by atoms with Crippen LogP contribution in [0.3, 0.4) is 0 Å². The van der Waals surface area contributed by atoms with Crippen molar-refractivity contribution in [1.29, 1.82) is 0 Å². The summed E-state index contributed by atoms with van der Waals surface area (Å²) in [5, 5.41) is 16.0. The number of benzene rings is 1. The third-order valence-corrected chi connectivity index (χ3v) is 2.03. The van der Waals surface area contributed by atoms with Crippen molar-refractivity contribution in [3.8, 4) is 0 Å². The van der Waals surface area contributed by atoms with E-state index in [4.69, 9.17) is 16.3 Å². The highest BCUT2D eigenvalue weighted by molar-refractivity contribution is 6.28. The van der Waals surface area contributed by atoms with Crippen molar-refractivity contribution in [3.05, 3.63) is 41.2 Å². The molecule has 0 aliphatic carbocycles. The van der Waals surface area contributed by atoms with E-state index in [9.17, 15) is 4.79 Å². The quantitative estimate of drug-likeness (QED) is 0.908. The van der Waals surface area contributed by atoms with E-state index in [1.807, 2.05) is 30.3 Å². The molecule has 0 aliphatic rings. The number of carbonyl (C=O) groups is 1. The standard InChI is InChI=1S/C10H8ClN5O2/c11-8-13-15-9(16-14-8)12-10(17)18-6-7-4-2-1-3-5-7/h1-5H,6H2,(H,12,15,16,17). The summed E-state index contributed by atoms with van der Waals surface area (Å²) in [5.74, 6) is -0.0718. The molecule has 1 amide bonds. The van der Waals surface area contributed by atoms with Crippen LogP contribution in [0.2, 0.25) is 5.28 Å². The average molecular weight is 266 g/mol. The summed E-state index contributed by atoms with van der Waals surface area (Å²) in [4.78, 5) is 11.4. The molecule has 18 heavy (non-hydrogen) atoms. The lowest BCUT2D eigenvalue weighted by molar-refractivity contribution is 0.155. The SMILES string of the molecule is O=C(Nc1nnc(Cl)nn1)OCc1ccccc1. The third-order valence-electron chi connectivity index (χ3n) is 1.88. The third kappa shape index (κ3) is 3.63. The Balaban J connectivity index is 1.84. The minimum Gasteiger partial charge on any atom is -0.444 e. The number of nitrogens with zero attached hydrogens (tertiary/aromatic N) is 4. The molecule has 92 valence electrons. The fourth-order valence-corrected chi connectivity index (χ4v) is 1.19. The van der Waals surface area contributed by atoms with E-state index in [1.54, 1.807) is 0 Å². The zero-order valence-corrected chi connectivity index (χ0v) is 9.83. The van der Waals surface area contributed by atoms with Crippen molar-refractivity contribution in [2.45, 2.75) is 6.61 Å². The Kier molecular flexibility index (Phi) is 3.98. The Morgan fingerprint density at radius 2 is 1.83 bits per heavy atom. The molecular weight excluding hydrogens is 258 g/mol. The first-order chi connectivity index (χ1) is 8.74. The van der Waals surface area contributed by atoms with Crippen LogP contribution >= 0.6 is 11.6 Å². The van der Waals surface area contributed by atoms with Gasteiger partial charge >= 0.3 is 6.09 Å². The van der Waals surface area contributed by atoms with Crippen LogP contribution in [0, 0.1) is 0 Å². The average Bonchev–Trinajstić information content (AvgIpc) is 2.40. The molecule has 0 fully saturated rings. The lowest BCUT2D eigenvalue weighted by atomic mass is 10.2. The Hall–Kier alpha value is -2.28. The van der Waals surface area contributed by atoms with Gasteiger partial charge in [0.15, 0.2) is 0 Å². The molecule has 1 aromatic heterocycles. The van der Waals surface area contributed by atoms with Crippen molar-refractivity contribution in [2.24, 2.45) is 0 Å². The van der Waals surface area contributed by atoms with Crippen molar-refractivity contribution < 1.29 is 9.53 Å². The zero-order chi connectivity index (χ0) is 12.8. The van der Waals surface area contributed by atoms with Gasteiger partial charge in [-0.2, -0.15) is 0 Å². The Bertz CT molecular complexity index is 520. The summed E-state index contributed by atoms with van der Waals surface area (Å²) in [6.07, 6.45) is -0.690. The first-order valence-corrected chi connectivity index (χ1v) is 5.32. The molecule has 0 saturated carbocycles. The number of halogens is 1. The van der Waals surface area contributed by atoms with E-state index >= 15 is 0 Å². The van der Waals surface area contributed by atoms with Gasteiger partial charge < -0.3 is 4.74 Å². The molecule has 0 atom stereocenters. The van der Waals surface area contributed by atoms with Crippen LogP contribution < -0.4 is 5.32 Å². The van der Waals surface area contributed by atoms with E-state index in [0.29, 0.717) is 0 Å². The minimum atomic E-state index is -0.690. The number of anilines is 1. The van der Waals surface area contributed by atoms with E-state index in [2.05, 4.69) is 25.7 Å². The summed E-state index contributed by atoms with van der Waals surface area (Å²) in [6, 6.07) is 9.27. The predicted molar refractivity (Wildman–Crippen MR) is 62.9 cm³/mol. The molecule has 0 bridgehead atoms. The molecule has 2 rings (SSSR count). The Morgan fingerprint density at radius 3 is 2.50 bits per heavy atom. The second-order valence-corrected chi connectivity index (χ2v) is 3.52. The van der Waals surface area contributed by atoms with Crippen LogP contribution in [0.4, 0.5) is 10.7 Å². The van der Waals surface area contributed by atoms with Crippen LogP contribution in [0.5, 0.6) is 0 Å². The van der Waals surface area contributed by atoms with Crippen LogP contribution in [0.25, 0.3) is 0 Å². The van der Waals surface area contributed by atoms with Gasteiger partial charge in [0.05, 0.1) is 0 Å². The lowest BCUT2D eigenvalue weighted by Crippen LogP contribution is -2.16. The highest BCUT2D eigenvalue weighted by Crippen LogP contribution is 2.02. The molecule has 8 heteroatoms. The van der Waals surface area contributed by atoms with Crippen LogP contribution in [-0.4, -0.2) is 26.5 Å². The molecule has 1 heterocycles. The number of hydrogen-bond acceptors (Lipinski definition) is 6. The maximum Gasteiger partial charge on any atom is 0.414 e. The Morgan fingerprint density at radius 1 is 1.17 bits per heavy atom. The van der Waals surface area contributed by atoms with Crippen LogP contribution in [0.1, 0.15) is 5.56 Å². The van der Waals surface area contributed by atoms with Crippen molar-refractivity contribution in [2.75, 3.05) is 5.32 Å². The molecule has 0 radical (unpaired) electrons. The summed E-state index contributed by atoms with van der Waals surface area (Å²) >= 11 is 5.40. The molecule has 0 aliphatic heterocycles. The number of amides is 1. The first-order valence-electron chi connectivity index (χ1n) is 4.94. The molecule has 0 saturated heterocycles. The summed E-state index contributed by atoms with van der Waals surface area (Å²) < 4.78 is 4.94. The van der Waals surface area contributed by atoms with E-state index in [0.717, 1.165) is 5.56 Å². The molecule has 0 unspecified atom stereocenters. The molecule has 0 spiro atoms. The van der Waals surface area contributed by atoms with Gasteiger partial charge in [-0.05, 0) is 17.2 Å². The number of carbonyl (C=O) groups excluding carboxylic acids is 1. The first kappa shape index (κ1) is 12.2. The van der Waals surface area contributed by atoms with Crippen molar-refractivity contribution >= 4 is 23.6 Å². The van der Waals surface area contributed by atoms with Crippen LogP contribution in [0.15, 0.2) is 30.3 Å². The topological polar surface area (TPSA) is 89.9 Å². The van der Waals surface area contributed by atoms with Gasteiger partial charge in [-0.25, -0.2) is 4.79 Å². The monoisotopic (exact) mass is 265 g/mol. The maximum absolute atomic E-state index is 11.4. The van der Waals surface area contributed by atoms with Gasteiger partial charge in [-0.1, -0.05) is 30.3 Å². The second kappa shape index (κ2) is 5.87. The fraction of sp³-hybridized carbons (Fsp3) is 0.100. The van der Waals surface area contributed by atoms with E-state index in [-0.39, 0.29) is 17.8 Å². The normalized spacial score (nSPS) is 9.83. The highest BCUT2D eigenvalue weighted by Gasteiger charge is 2.06. The molecular formula is C10H8ClN5O2. The van der Waals surface area contributed by atoms with Gasteiger partial charge in [0.25, 0.3) is 11.2 Å². The molecule has 1 aromatic carbocycles. The molecule has 7 nitrogen and oxygen atoms in total. The van der Waals surface area contributed by atoms with E-state index < -0.39 is 6.09 Å². The molecule has 2 aromatic rings. The number of nitrogens with one attached hydrogen (secondary N) is 1. The fourth-order valence-electron chi connectivity index (χ4n) is 1.12. The van der Waals surface area contributed by atoms with Crippen molar-refractivity contribution in [3.63, 3.8) is 0 Å². The van der Waals surface area contributed by atoms with E-state index in [1.165, 1.54) is 0 Å². The van der Waals surface area contributed by atoms with Crippen LogP contribution in [-0.2, 0) is 11.3 Å². The number of rotatable bonds is 3. The highest BCUT2D eigenvalue weighted by atomic mass is 35.5. The lowest BCUT2D eigenvalue weighted by Gasteiger charge is -2.04. The molecule has 1 N–H and O–H groups in total. The second-order valence-electron chi connectivity index (χ2n) is 3.18. The van der Waals surface area contributed by atoms with Gasteiger partial charge in [0.1, 0.15) is 6.61 Å². The zero-order valence-electron chi connectivity index (χ0n) is 9.08. The smallest absolute Gasteiger partial charge is 0.414 e. The van der Waals surface area contributed by atoms with Gasteiger partial charge in [0.2, 0.25) is 0 Å². The van der Waals surface area contributed by atoms with Gasteiger partial charge in [-0.15, -0.1) is 20.4 Å². The number of aromatic nitrogens is 4. The predicted octanol–water partition coefficient (Wildman–Crippen LogP) is 1.67. The summed E-state index contributed by atoms with van der Waals surface area (Å²) in [7, 11) is 0. The number of ether oxygens (including phenoxy) is 1. The minimum absolute atomic E-state index is 0.0718. The van der Waals surface area contributed by atoms with Crippen molar-refractivity contribution in [1.82, 2.24) is 20.4 Å². The summed E-state index contributed by atoms with van der Waals surface area (Å²) in [6.45, 7) is 0.154. The Labute approximate surface area is 107 Å². The number of hydrogen-bond donors (Lipinski definition) is 1.